The second kappa shape index (κ2) is 5.69. The zero-order chi connectivity index (χ0) is 14.7. The number of pyridine rings is 1. The number of nitrogens with one attached hydrogen (secondary N) is 1. The Balaban J connectivity index is 2.45. The Kier molecular flexibility index (Phi) is 3.98. The second-order valence-corrected chi connectivity index (χ2v) is 4.70. The standard InChI is InChI=1S/C15H15FN2O2/c1-9(2)17-14-12(15(19)20)7-8-13(18-14)10-3-5-11(16)6-4-10/h3-9H,1-2H3,(H,17,18)(H,19,20). The number of hydrogen-bond acceptors (Lipinski definition) is 3. The number of halogens is 1. The van der Waals surface area contributed by atoms with Crippen LogP contribution in [-0.4, -0.2) is 22.1 Å². The molecule has 2 aromatic rings. The number of aromatic nitrogens is 1. The van der Waals surface area contributed by atoms with Crippen molar-refractivity contribution in [3.8, 4) is 11.3 Å². The average molecular weight is 274 g/mol. The van der Waals surface area contributed by atoms with Crippen molar-refractivity contribution < 1.29 is 14.3 Å². The maximum atomic E-state index is 12.9. The Hall–Kier alpha value is -2.43. The van der Waals surface area contributed by atoms with Gasteiger partial charge in [-0.1, -0.05) is 0 Å². The molecule has 0 atom stereocenters. The lowest BCUT2D eigenvalue weighted by atomic mass is 10.1. The van der Waals surface area contributed by atoms with Crippen molar-refractivity contribution in [2.24, 2.45) is 0 Å². The number of carboxylic acids is 1. The number of nitrogens with zero attached hydrogens (tertiary/aromatic N) is 1. The van der Waals surface area contributed by atoms with Crippen LogP contribution in [-0.2, 0) is 0 Å². The Morgan fingerprint density at radius 1 is 1.20 bits per heavy atom. The molecule has 0 unspecified atom stereocenters. The van der Waals surface area contributed by atoms with Gasteiger partial charge in [-0.25, -0.2) is 14.2 Å². The molecule has 0 bridgehead atoms. The first-order chi connectivity index (χ1) is 9.47. The summed E-state index contributed by atoms with van der Waals surface area (Å²) < 4.78 is 12.9. The number of carboxylic acid groups (broad SMARTS) is 1. The number of rotatable bonds is 4. The van der Waals surface area contributed by atoms with E-state index in [9.17, 15) is 9.18 Å². The van der Waals surface area contributed by atoms with Crippen LogP contribution in [0.5, 0.6) is 0 Å². The Morgan fingerprint density at radius 2 is 1.85 bits per heavy atom. The Bertz CT molecular complexity index is 624. The van der Waals surface area contributed by atoms with Gasteiger partial charge in [-0.2, -0.15) is 0 Å². The van der Waals surface area contributed by atoms with Gasteiger partial charge in [0.05, 0.1) is 5.69 Å². The molecule has 0 radical (unpaired) electrons. The van der Waals surface area contributed by atoms with Crippen LogP contribution in [0.15, 0.2) is 36.4 Å². The fourth-order valence-corrected chi connectivity index (χ4v) is 1.80. The predicted molar refractivity (Wildman–Crippen MR) is 75.3 cm³/mol. The van der Waals surface area contributed by atoms with Crippen LogP contribution in [0.2, 0.25) is 0 Å². The van der Waals surface area contributed by atoms with E-state index in [-0.39, 0.29) is 17.4 Å². The molecule has 0 aliphatic rings. The zero-order valence-electron chi connectivity index (χ0n) is 11.2. The molecule has 0 aliphatic carbocycles. The van der Waals surface area contributed by atoms with Crippen molar-refractivity contribution in [1.29, 1.82) is 0 Å². The van der Waals surface area contributed by atoms with E-state index in [1.807, 2.05) is 13.8 Å². The molecule has 20 heavy (non-hydrogen) atoms. The highest BCUT2D eigenvalue weighted by molar-refractivity contribution is 5.93. The van der Waals surface area contributed by atoms with E-state index in [0.29, 0.717) is 11.5 Å². The lowest BCUT2D eigenvalue weighted by Gasteiger charge is -2.13. The number of hydrogen-bond donors (Lipinski definition) is 2. The van der Waals surface area contributed by atoms with Gasteiger partial charge in [0.2, 0.25) is 0 Å². The van der Waals surface area contributed by atoms with Crippen LogP contribution < -0.4 is 5.32 Å². The summed E-state index contributed by atoms with van der Waals surface area (Å²) in [6, 6.07) is 9.08. The fraction of sp³-hybridized carbons (Fsp3) is 0.200. The molecule has 0 spiro atoms. The summed E-state index contributed by atoms with van der Waals surface area (Å²) in [6.45, 7) is 3.80. The summed E-state index contributed by atoms with van der Waals surface area (Å²) >= 11 is 0. The summed E-state index contributed by atoms with van der Waals surface area (Å²) in [5, 5.41) is 12.2. The molecular formula is C15H15FN2O2. The Labute approximate surface area is 116 Å². The lowest BCUT2D eigenvalue weighted by Crippen LogP contribution is -2.15. The molecule has 0 saturated carbocycles. The van der Waals surface area contributed by atoms with Gasteiger partial charge in [0.25, 0.3) is 0 Å². The normalized spacial score (nSPS) is 10.6. The van der Waals surface area contributed by atoms with E-state index in [1.165, 1.54) is 18.2 Å². The third-order valence-corrected chi connectivity index (χ3v) is 2.69. The van der Waals surface area contributed by atoms with Crippen LogP contribution in [0, 0.1) is 5.82 Å². The van der Waals surface area contributed by atoms with Gasteiger partial charge < -0.3 is 10.4 Å². The highest BCUT2D eigenvalue weighted by Gasteiger charge is 2.13. The maximum absolute atomic E-state index is 12.9. The minimum absolute atomic E-state index is 0.0593. The molecule has 2 N–H and O–H groups in total. The van der Waals surface area contributed by atoms with Gasteiger partial charge in [-0.05, 0) is 50.2 Å². The first-order valence-electron chi connectivity index (χ1n) is 6.24. The quantitative estimate of drug-likeness (QED) is 0.897. The van der Waals surface area contributed by atoms with Crippen molar-refractivity contribution in [1.82, 2.24) is 4.98 Å². The van der Waals surface area contributed by atoms with Crippen LogP contribution >= 0.6 is 0 Å². The summed E-state index contributed by atoms with van der Waals surface area (Å²) in [5.41, 5.74) is 1.44. The molecule has 0 aliphatic heterocycles. The average Bonchev–Trinajstić information content (AvgIpc) is 2.38. The lowest BCUT2D eigenvalue weighted by molar-refractivity contribution is 0.0697. The van der Waals surface area contributed by atoms with E-state index in [0.717, 1.165) is 5.56 Å². The summed E-state index contributed by atoms with van der Waals surface area (Å²) in [7, 11) is 0. The number of anilines is 1. The fourth-order valence-electron chi connectivity index (χ4n) is 1.80. The molecule has 4 nitrogen and oxygen atoms in total. The van der Waals surface area contributed by atoms with E-state index in [1.54, 1.807) is 18.2 Å². The molecule has 1 aromatic carbocycles. The molecule has 1 heterocycles. The minimum Gasteiger partial charge on any atom is -0.478 e. The predicted octanol–water partition coefficient (Wildman–Crippen LogP) is 3.41. The van der Waals surface area contributed by atoms with Crippen LogP contribution in [0.25, 0.3) is 11.3 Å². The van der Waals surface area contributed by atoms with Crippen molar-refractivity contribution in [3.05, 3.63) is 47.8 Å². The summed E-state index contributed by atoms with van der Waals surface area (Å²) in [5.74, 6) is -1.04. The number of carbonyl (C=O) groups is 1. The first-order valence-corrected chi connectivity index (χ1v) is 6.24. The SMILES string of the molecule is CC(C)Nc1nc(-c2ccc(F)cc2)ccc1C(=O)O. The van der Waals surface area contributed by atoms with E-state index >= 15 is 0 Å². The van der Waals surface area contributed by atoms with E-state index in [2.05, 4.69) is 10.3 Å². The molecular weight excluding hydrogens is 259 g/mol. The maximum Gasteiger partial charge on any atom is 0.339 e. The van der Waals surface area contributed by atoms with Crippen molar-refractivity contribution in [2.75, 3.05) is 5.32 Å². The monoisotopic (exact) mass is 274 g/mol. The van der Waals surface area contributed by atoms with Gasteiger partial charge in [0.15, 0.2) is 0 Å². The molecule has 0 amide bonds. The largest absolute Gasteiger partial charge is 0.478 e. The molecule has 0 saturated heterocycles. The molecule has 104 valence electrons. The van der Waals surface area contributed by atoms with Crippen LogP contribution in [0.4, 0.5) is 10.2 Å². The zero-order valence-corrected chi connectivity index (χ0v) is 11.2. The number of aromatic carboxylic acids is 1. The molecule has 5 heteroatoms. The van der Waals surface area contributed by atoms with Crippen molar-refractivity contribution in [2.45, 2.75) is 19.9 Å². The Morgan fingerprint density at radius 3 is 2.40 bits per heavy atom. The summed E-state index contributed by atoms with van der Waals surface area (Å²) in [4.78, 5) is 15.5. The van der Waals surface area contributed by atoms with Crippen molar-refractivity contribution >= 4 is 11.8 Å². The van der Waals surface area contributed by atoms with Gasteiger partial charge >= 0.3 is 5.97 Å². The van der Waals surface area contributed by atoms with Gasteiger partial charge in [-0.3, -0.25) is 0 Å². The van der Waals surface area contributed by atoms with Gasteiger partial charge in [0.1, 0.15) is 17.2 Å². The van der Waals surface area contributed by atoms with E-state index in [4.69, 9.17) is 5.11 Å². The third kappa shape index (κ3) is 3.12. The highest BCUT2D eigenvalue weighted by Crippen LogP contribution is 2.22. The molecule has 0 fully saturated rings. The molecule has 1 aromatic heterocycles. The third-order valence-electron chi connectivity index (χ3n) is 2.69. The molecule has 2 rings (SSSR count). The first kappa shape index (κ1) is 14.0. The second-order valence-electron chi connectivity index (χ2n) is 4.70. The smallest absolute Gasteiger partial charge is 0.339 e. The number of benzene rings is 1. The van der Waals surface area contributed by atoms with Gasteiger partial charge in [-0.15, -0.1) is 0 Å². The summed E-state index contributed by atoms with van der Waals surface area (Å²) in [6.07, 6.45) is 0. The minimum atomic E-state index is -1.04. The van der Waals surface area contributed by atoms with Crippen LogP contribution in [0.3, 0.4) is 0 Å². The van der Waals surface area contributed by atoms with E-state index < -0.39 is 5.97 Å². The van der Waals surface area contributed by atoms with Crippen LogP contribution in [0.1, 0.15) is 24.2 Å². The highest BCUT2D eigenvalue weighted by atomic mass is 19.1. The van der Waals surface area contributed by atoms with Crippen molar-refractivity contribution in [3.63, 3.8) is 0 Å². The van der Waals surface area contributed by atoms with Gasteiger partial charge in [0, 0.05) is 11.6 Å². The topological polar surface area (TPSA) is 62.2 Å².